The van der Waals surface area contributed by atoms with Crippen molar-refractivity contribution in [3.05, 3.63) is 65.3 Å². The Balaban J connectivity index is 1.85. The van der Waals surface area contributed by atoms with Gasteiger partial charge in [-0.05, 0) is 18.6 Å². The van der Waals surface area contributed by atoms with Crippen LogP contribution in [0.3, 0.4) is 0 Å². The molecule has 0 spiro atoms. The van der Waals surface area contributed by atoms with Crippen LogP contribution in [0.1, 0.15) is 12.5 Å². The second-order valence-electron chi connectivity index (χ2n) is 6.05. The number of anilines is 3. The molecule has 0 radical (unpaired) electrons. The van der Waals surface area contributed by atoms with Crippen LogP contribution in [0.2, 0.25) is 5.02 Å². The van der Waals surface area contributed by atoms with E-state index in [2.05, 4.69) is 39.2 Å². The number of hydrogen-bond donors (Lipinski definition) is 1. The van der Waals surface area contributed by atoms with Crippen molar-refractivity contribution in [1.29, 1.82) is 0 Å². The molecule has 3 aromatic rings. The summed E-state index contributed by atoms with van der Waals surface area (Å²) in [4.78, 5) is 11.2. The van der Waals surface area contributed by atoms with Gasteiger partial charge in [-0.25, -0.2) is 4.98 Å². The fraction of sp³-hybridized carbons (Fsp3) is 0.238. The van der Waals surface area contributed by atoms with E-state index in [4.69, 9.17) is 21.1 Å². The Morgan fingerprint density at radius 3 is 2.46 bits per heavy atom. The molecule has 0 aliphatic heterocycles. The van der Waals surface area contributed by atoms with E-state index in [1.165, 1.54) is 5.56 Å². The van der Waals surface area contributed by atoms with Crippen LogP contribution in [0.4, 0.5) is 17.5 Å². The van der Waals surface area contributed by atoms with Gasteiger partial charge in [0.05, 0.1) is 24.9 Å². The van der Waals surface area contributed by atoms with Crippen LogP contribution in [0.5, 0.6) is 11.5 Å². The summed E-state index contributed by atoms with van der Waals surface area (Å²) in [5.41, 5.74) is 1.91. The fourth-order valence-corrected chi connectivity index (χ4v) is 3.03. The molecule has 7 heteroatoms. The summed E-state index contributed by atoms with van der Waals surface area (Å²) in [7, 11) is 3.16. The fourth-order valence-electron chi connectivity index (χ4n) is 2.79. The van der Waals surface area contributed by atoms with E-state index < -0.39 is 0 Å². The van der Waals surface area contributed by atoms with Crippen molar-refractivity contribution in [2.75, 3.05) is 31.0 Å². The third-order valence-electron chi connectivity index (χ3n) is 4.26. The molecule has 6 nitrogen and oxygen atoms in total. The highest BCUT2D eigenvalue weighted by molar-refractivity contribution is 6.32. The average Bonchev–Trinajstić information content (AvgIpc) is 2.73. The Labute approximate surface area is 170 Å². The molecule has 1 aromatic heterocycles. The van der Waals surface area contributed by atoms with Crippen molar-refractivity contribution >= 4 is 29.1 Å². The summed E-state index contributed by atoms with van der Waals surface area (Å²) in [5, 5.41) is 3.75. The smallest absolute Gasteiger partial charge is 0.227 e. The number of aromatic nitrogens is 2. The first kappa shape index (κ1) is 19.8. The highest BCUT2D eigenvalue weighted by atomic mass is 35.5. The van der Waals surface area contributed by atoms with Crippen LogP contribution in [-0.2, 0) is 6.54 Å². The molecule has 146 valence electrons. The highest BCUT2D eigenvalue weighted by Crippen LogP contribution is 2.37. The summed E-state index contributed by atoms with van der Waals surface area (Å²) in [6, 6.07) is 15.5. The molecular weight excluding hydrogens is 376 g/mol. The van der Waals surface area contributed by atoms with E-state index in [0.717, 1.165) is 13.1 Å². The van der Waals surface area contributed by atoms with E-state index in [1.807, 2.05) is 18.2 Å². The summed E-state index contributed by atoms with van der Waals surface area (Å²) < 4.78 is 10.7. The lowest BCUT2D eigenvalue weighted by molar-refractivity contribution is 0.405. The maximum atomic E-state index is 6.18. The maximum Gasteiger partial charge on any atom is 0.227 e. The molecule has 0 aliphatic rings. The zero-order valence-electron chi connectivity index (χ0n) is 16.1. The molecule has 0 unspecified atom stereocenters. The minimum absolute atomic E-state index is 0.480. The van der Waals surface area contributed by atoms with Crippen LogP contribution in [0.15, 0.2) is 54.7 Å². The highest BCUT2D eigenvalue weighted by Gasteiger charge is 2.13. The number of nitrogens with zero attached hydrogens (tertiary/aromatic N) is 3. The Morgan fingerprint density at radius 2 is 1.79 bits per heavy atom. The van der Waals surface area contributed by atoms with Crippen molar-refractivity contribution < 1.29 is 9.47 Å². The second-order valence-corrected chi connectivity index (χ2v) is 6.46. The monoisotopic (exact) mass is 398 g/mol. The molecule has 0 fully saturated rings. The van der Waals surface area contributed by atoms with Crippen molar-refractivity contribution in [2.24, 2.45) is 0 Å². The van der Waals surface area contributed by atoms with Gasteiger partial charge in [-0.3, -0.25) is 0 Å². The summed E-state index contributed by atoms with van der Waals surface area (Å²) in [5.74, 6) is 2.46. The summed E-state index contributed by atoms with van der Waals surface area (Å²) >= 11 is 6.18. The molecule has 0 saturated carbocycles. The number of halogens is 1. The SMILES string of the molecule is CCN(Cc1ccccc1)c1nccc(Nc2cc(OC)c(Cl)cc2OC)n1. The quantitative estimate of drug-likeness (QED) is 0.581. The van der Waals surface area contributed by atoms with Crippen LogP contribution in [0.25, 0.3) is 0 Å². The Bertz CT molecular complexity index is 922. The van der Waals surface area contributed by atoms with E-state index >= 15 is 0 Å². The number of benzene rings is 2. The molecule has 0 amide bonds. The standard InChI is InChI=1S/C21H23ClN4O2/c1-4-26(14-15-8-6-5-7-9-15)21-23-11-10-20(25-21)24-17-13-18(27-2)16(22)12-19(17)28-3/h5-13H,4,14H2,1-3H3,(H,23,24,25). The van der Waals surface area contributed by atoms with Gasteiger partial charge in [-0.2, -0.15) is 4.98 Å². The van der Waals surface area contributed by atoms with E-state index in [9.17, 15) is 0 Å². The predicted octanol–water partition coefficient (Wildman–Crippen LogP) is 4.92. The Hall–Kier alpha value is -2.99. The second kappa shape index (κ2) is 9.28. The lowest BCUT2D eigenvalue weighted by Crippen LogP contribution is -2.24. The van der Waals surface area contributed by atoms with Gasteiger partial charge >= 0.3 is 0 Å². The van der Waals surface area contributed by atoms with Crippen LogP contribution in [0, 0.1) is 0 Å². The van der Waals surface area contributed by atoms with E-state index in [-0.39, 0.29) is 0 Å². The topological polar surface area (TPSA) is 59.5 Å². The maximum absolute atomic E-state index is 6.18. The lowest BCUT2D eigenvalue weighted by Gasteiger charge is -2.21. The Morgan fingerprint density at radius 1 is 1.04 bits per heavy atom. The molecule has 0 aliphatic carbocycles. The minimum atomic E-state index is 0.480. The van der Waals surface area contributed by atoms with Crippen molar-refractivity contribution in [3.8, 4) is 11.5 Å². The van der Waals surface area contributed by atoms with Crippen LogP contribution < -0.4 is 19.7 Å². The number of ether oxygens (including phenoxy) is 2. The van der Waals surface area contributed by atoms with Gasteiger partial charge in [0, 0.05) is 31.4 Å². The van der Waals surface area contributed by atoms with Gasteiger partial charge < -0.3 is 19.7 Å². The Kier molecular flexibility index (Phi) is 6.55. The molecule has 0 bridgehead atoms. The zero-order valence-corrected chi connectivity index (χ0v) is 16.9. The third kappa shape index (κ3) is 4.64. The van der Waals surface area contributed by atoms with Gasteiger partial charge in [-0.1, -0.05) is 41.9 Å². The number of rotatable bonds is 8. The van der Waals surface area contributed by atoms with Gasteiger partial charge in [0.25, 0.3) is 0 Å². The molecule has 3 rings (SSSR count). The van der Waals surface area contributed by atoms with Gasteiger partial charge in [-0.15, -0.1) is 0 Å². The first-order valence-corrected chi connectivity index (χ1v) is 9.32. The molecular formula is C21H23ClN4O2. The summed E-state index contributed by atoms with van der Waals surface area (Å²) in [6.07, 6.45) is 1.73. The molecule has 2 aromatic carbocycles. The number of methoxy groups -OCH3 is 2. The average molecular weight is 399 g/mol. The van der Waals surface area contributed by atoms with E-state index in [1.54, 1.807) is 38.6 Å². The molecule has 1 heterocycles. The molecule has 1 N–H and O–H groups in total. The first-order valence-electron chi connectivity index (χ1n) is 8.95. The van der Waals surface area contributed by atoms with Crippen LogP contribution >= 0.6 is 11.6 Å². The van der Waals surface area contributed by atoms with Crippen molar-refractivity contribution in [1.82, 2.24) is 9.97 Å². The van der Waals surface area contributed by atoms with Gasteiger partial charge in [0.2, 0.25) is 5.95 Å². The zero-order chi connectivity index (χ0) is 19.9. The molecule has 28 heavy (non-hydrogen) atoms. The number of hydrogen-bond acceptors (Lipinski definition) is 6. The third-order valence-corrected chi connectivity index (χ3v) is 4.56. The van der Waals surface area contributed by atoms with E-state index in [0.29, 0.717) is 34.0 Å². The number of nitrogens with one attached hydrogen (secondary N) is 1. The van der Waals surface area contributed by atoms with Gasteiger partial charge in [0.1, 0.15) is 17.3 Å². The predicted molar refractivity (Wildman–Crippen MR) is 113 cm³/mol. The first-order chi connectivity index (χ1) is 13.6. The normalized spacial score (nSPS) is 10.4. The van der Waals surface area contributed by atoms with Crippen LogP contribution in [-0.4, -0.2) is 30.7 Å². The van der Waals surface area contributed by atoms with Crippen molar-refractivity contribution in [3.63, 3.8) is 0 Å². The summed E-state index contributed by atoms with van der Waals surface area (Å²) in [6.45, 7) is 3.61. The molecule has 0 saturated heterocycles. The van der Waals surface area contributed by atoms with Gasteiger partial charge in [0.15, 0.2) is 0 Å². The largest absolute Gasteiger partial charge is 0.495 e. The minimum Gasteiger partial charge on any atom is -0.495 e. The lowest BCUT2D eigenvalue weighted by atomic mass is 10.2. The molecule has 0 atom stereocenters. The van der Waals surface area contributed by atoms with Crippen molar-refractivity contribution in [2.45, 2.75) is 13.5 Å².